The first-order valence-electron chi connectivity index (χ1n) is 16.3. The summed E-state index contributed by atoms with van der Waals surface area (Å²) in [5.41, 5.74) is 7.71. The molecule has 0 aliphatic rings. The summed E-state index contributed by atoms with van der Waals surface area (Å²) >= 11 is 1.81. The van der Waals surface area contributed by atoms with Gasteiger partial charge >= 0.3 is 0 Å². The van der Waals surface area contributed by atoms with Crippen LogP contribution >= 0.6 is 11.3 Å². The van der Waals surface area contributed by atoms with Crippen LogP contribution in [0.25, 0.3) is 76.8 Å². The maximum Gasteiger partial charge on any atom is 0.179 e. The fraction of sp³-hybridized carbons (Fsp3) is 0. The number of aromatic nitrogens is 3. The molecule has 5 heteroatoms. The molecule has 0 aliphatic heterocycles. The largest absolute Gasteiger partial charge is 0.311 e. The van der Waals surface area contributed by atoms with Gasteiger partial charge in [0, 0.05) is 59.1 Å². The Bertz CT molecular complexity index is 2670. The first-order chi connectivity index (χ1) is 24.6. The molecule has 0 amide bonds. The molecule has 50 heavy (non-hydrogen) atoms. The molecule has 0 unspecified atom stereocenters. The topological polar surface area (TPSA) is 41.9 Å². The van der Waals surface area contributed by atoms with E-state index >= 15 is 0 Å². The molecule has 0 spiro atoms. The predicted octanol–water partition coefficient (Wildman–Crippen LogP) is 12.6. The van der Waals surface area contributed by atoms with E-state index in [0.29, 0.717) is 11.5 Å². The van der Waals surface area contributed by atoms with Crippen LogP contribution in [-0.2, 0) is 0 Å². The Hall–Kier alpha value is -6.43. The Morgan fingerprint density at radius 3 is 2.04 bits per heavy atom. The first kappa shape index (κ1) is 30.9. The summed E-state index contributed by atoms with van der Waals surface area (Å²) in [6.07, 6.45) is 9.12. The second-order valence-corrected chi connectivity index (χ2v) is 12.9. The van der Waals surface area contributed by atoms with Crippen LogP contribution in [0.2, 0.25) is 0 Å². The number of hydrogen-bond donors (Lipinski definition) is 0. The van der Waals surface area contributed by atoms with E-state index in [1.54, 1.807) is 18.2 Å². The highest BCUT2D eigenvalue weighted by Gasteiger charge is 2.20. The number of pyridine rings is 1. The fourth-order valence-corrected chi connectivity index (χ4v) is 7.78. The SMILES string of the molecule is C=C/C=C(\C=C)N(c1ccccc1)c1ccc(-c2nc(-c3nc4ccccc4c4cc5sc6ccccc6c5cc34)nc(C=C)c2C=C)cc1. The molecule has 0 fully saturated rings. The minimum atomic E-state index is 0.535. The third-order valence-electron chi connectivity index (χ3n) is 8.95. The van der Waals surface area contributed by atoms with Crippen molar-refractivity contribution in [1.82, 2.24) is 15.0 Å². The van der Waals surface area contributed by atoms with Gasteiger partial charge < -0.3 is 4.90 Å². The lowest BCUT2D eigenvalue weighted by molar-refractivity contribution is 1.14. The molecule has 0 radical (unpaired) electrons. The van der Waals surface area contributed by atoms with Crippen LogP contribution in [0.1, 0.15) is 11.3 Å². The van der Waals surface area contributed by atoms with Crippen LogP contribution in [-0.4, -0.2) is 15.0 Å². The summed E-state index contributed by atoms with van der Waals surface area (Å²) in [4.78, 5) is 17.7. The van der Waals surface area contributed by atoms with Crippen molar-refractivity contribution in [3.05, 3.63) is 177 Å². The van der Waals surface area contributed by atoms with Crippen LogP contribution in [0.15, 0.2) is 166 Å². The number of anilines is 2. The highest BCUT2D eigenvalue weighted by molar-refractivity contribution is 7.25. The number of benzene rings is 5. The maximum atomic E-state index is 5.25. The van der Waals surface area contributed by atoms with E-state index in [-0.39, 0.29) is 0 Å². The zero-order valence-corrected chi connectivity index (χ0v) is 28.2. The molecule has 0 saturated heterocycles. The van der Waals surface area contributed by atoms with Crippen LogP contribution in [0.5, 0.6) is 0 Å². The van der Waals surface area contributed by atoms with Crippen molar-refractivity contribution in [3.63, 3.8) is 0 Å². The van der Waals surface area contributed by atoms with Crippen LogP contribution in [0, 0.1) is 0 Å². The zero-order valence-electron chi connectivity index (χ0n) is 27.4. The third-order valence-corrected chi connectivity index (χ3v) is 10.1. The number of hydrogen-bond acceptors (Lipinski definition) is 5. The van der Waals surface area contributed by atoms with Crippen molar-refractivity contribution in [3.8, 4) is 22.8 Å². The number of nitrogens with zero attached hydrogens (tertiary/aromatic N) is 4. The highest BCUT2D eigenvalue weighted by Crippen LogP contribution is 2.41. The number of para-hydroxylation sites is 2. The second-order valence-electron chi connectivity index (χ2n) is 11.8. The Morgan fingerprint density at radius 2 is 1.30 bits per heavy atom. The minimum absolute atomic E-state index is 0.535. The molecule has 238 valence electrons. The van der Waals surface area contributed by atoms with Gasteiger partial charge in [0.15, 0.2) is 5.82 Å². The molecule has 0 bridgehead atoms. The average Bonchev–Trinajstić information content (AvgIpc) is 3.54. The van der Waals surface area contributed by atoms with Gasteiger partial charge in [-0.15, -0.1) is 11.3 Å². The summed E-state index contributed by atoms with van der Waals surface area (Å²) in [5, 5.41) is 5.66. The van der Waals surface area contributed by atoms with Gasteiger partial charge in [0.25, 0.3) is 0 Å². The molecule has 0 saturated carbocycles. The van der Waals surface area contributed by atoms with Crippen LogP contribution < -0.4 is 4.90 Å². The highest BCUT2D eigenvalue weighted by atomic mass is 32.1. The number of allylic oxidation sites excluding steroid dienone is 3. The van der Waals surface area contributed by atoms with Gasteiger partial charge in [-0.2, -0.15) is 0 Å². The van der Waals surface area contributed by atoms with Gasteiger partial charge in [0.1, 0.15) is 5.69 Å². The van der Waals surface area contributed by atoms with Crippen LogP contribution in [0.3, 0.4) is 0 Å². The lowest BCUT2D eigenvalue weighted by Crippen LogP contribution is -2.14. The zero-order chi connectivity index (χ0) is 34.2. The summed E-state index contributed by atoms with van der Waals surface area (Å²) in [5.74, 6) is 0.535. The summed E-state index contributed by atoms with van der Waals surface area (Å²) < 4.78 is 2.50. The van der Waals surface area contributed by atoms with E-state index in [9.17, 15) is 0 Å². The van der Waals surface area contributed by atoms with Crippen molar-refractivity contribution in [2.45, 2.75) is 0 Å². The molecule has 3 aromatic heterocycles. The Morgan fingerprint density at radius 1 is 0.580 bits per heavy atom. The molecule has 4 nitrogen and oxygen atoms in total. The molecular formula is C45H32N4S. The summed E-state index contributed by atoms with van der Waals surface area (Å²) in [6, 6.07) is 39.9. The Balaban J connectivity index is 1.34. The Labute approximate surface area is 295 Å². The van der Waals surface area contributed by atoms with E-state index < -0.39 is 0 Å². The fourth-order valence-electron chi connectivity index (χ4n) is 6.66. The average molecular weight is 661 g/mol. The number of fused-ring (bicyclic) bond motifs is 6. The quantitative estimate of drug-likeness (QED) is 0.114. The molecule has 3 heterocycles. The van der Waals surface area contributed by atoms with E-state index in [1.165, 1.54) is 20.2 Å². The van der Waals surface area contributed by atoms with E-state index in [4.69, 9.17) is 15.0 Å². The maximum absolute atomic E-state index is 5.25. The van der Waals surface area contributed by atoms with Gasteiger partial charge in [-0.3, -0.25) is 0 Å². The van der Waals surface area contributed by atoms with E-state index in [2.05, 4.69) is 122 Å². The van der Waals surface area contributed by atoms with Gasteiger partial charge in [0.05, 0.1) is 16.9 Å². The molecule has 8 rings (SSSR count). The first-order valence-corrected chi connectivity index (χ1v) is 17.1. The van der Waals surface area contributed by atoms with Crippen molar-refractivity contribution >= 4 is 76.7 Å². The number of thiophene rings is 1. The Kier molecular flexibility index (Phi) is 7.95. The number of rotatable bonds is 9. The predicted molar refractivity (Wildman–Crippen MR) is 216 cm³/mol. The van der Waals surface area contributed by atoms with Gasteiger partial charge in [0.2, 0.25) is 0 Å². The van der Waals surface area contributed by atoms with Crippen molar-refractivity contribution in [2.24, 2.45) is 0 Å². The molecule has 5 aromatic carbocycles. The van der Waals surface area contributed by atoms with Gasteiger partial charge in [-0.25, -0.2) is 15.0 Å². The lowest BCUT2D eigenvalue weighted by Gasteiger charge is -2.26. The lowest BCUT2D eigenvalue weighted by atomic mass is 9.99. The van der Waals surface area contributed by atoms with Crippen molar-refractivity contribution in [2.75, 3.05) is 4.90 Å². The van der Waals surface area contributed by atoms with Gasteiger partial charge in [-0.1, -0.05) is 105 Å². The van der Waals surface area contributed by atoms with Crippen molar-refractivity contribution < 1.29 is 0 Å². The molecule has 0 atom stereocenters. The molecule has 0 N–H and O–H groups in total. The van der Waals surface area contributed by atoms with Gasteiger partial charge in [-0.05, 0) is 72.1 Å². The van der Waals surface area contributed by atoms with Crippen molar-refractivity contribution in [1.29, 1.82) is 0 Å². The molecular weight excluding hydrogens is 629 g/mol. The monoisotopic (exact) mass is 660 g/mol. The standard InChI is InChI=1S/C45H32N4S/c1-5-16-30(6-2)49(31-17-10-9-11-18-31)32-25-23-29(24-26-32)43-33(7-3)39(8-4)47-45(48-43)44-38-27-37-35-20-13-15-22-41(35)50-42(37)28-36(38)34-19-12-14-21-40(34)46-44/h5-28H,1-4H2/b30-16+. The van der Waals surface area contributed by atoms with Crippen LogP contribution in [0.4, 0.5) is 11.4 Å². The molecule has 8 aromatic rings. The smallest absolute Gasteiger partial charge is 0.179 e. The summed E-state index contributed by atoms with van der Waals surface area (Å²) in [6.45, 7) is 16.2. The normalized spacial score (nSPS) is 11.6. The summed E-state index contributed by atoms with van der Waals surface area (Å²) in [7, 11) is 0. The second kappa shape index (κ2) is 12.9. The minimum Gasteiger partial charge on any atom is -0.311 e. The third kappa shape index (κ3) is 5.21. The van der Waals surface area contributed by atoms with E-state index in [0.717, 1.165) is 61.3 Å². The molecule has 0 aliphatic carbocycles. The van der Waals surface area contributed by atoms with E-state index in [1.807, 2.05) is 47.8 Å².